The van der Waals surface area contributed by atoms with Crippen molar-refractivity contribution in [3.63, 3.8) is 0 Å². The van der Waals surface area contributed by atoms with Crippen LogP contribution < -0.4 is 0 Å². The van der Waals surface area contributed by atoms with E-state index in [2.05, 4.69) is 13.8 Å². The maximum absolute atomic E-state index is 11.8. The molecule has 4 aliphatic carbocycles. The van der Waals surface area contributed by atoms with Gasteiger partial charge in [-0.3, -0.25) is 9.59 Å². The number of carboxylic acids is 1. The Morgan fingerprint density at radius 1 is 0.923 bits per heavy atom. The first-order valence-electron chi connectivity index (χ1n) is 10.7. The number of hydrogen-bond acceptors (Lipinski definition) is 3. The molecule has 0 aliphatic heterocycles. The fraction of sp³-hybridized carbons (Fsp3) is 0.909. The molecule has 4 saturated carbocycles. The Balaban J connectivity index is 1.54. The first-order valence-corrected chi connectivity index (χ1v) is 10.7. The van der Waals surface area contributed by atoms with E-state index < -0.39 is 5.97 Å². The highest BCUT2D eigenvalue weighted by Gasteiger charge is 2.61. The molecule has 7 unspecified atom stereocenters. The normalized spacial score (nSPS) is 50.3. The summed E-state index contributed by atoms with van der Waals surface area (Å²) in [6, 6.07) is 0. The number of fused-ring (bicyclic) bond motifs is 5. The van der Waals surface area contributed by atoms with E-state index in [0.29, 0.717) is 23.2 Å². The minimum absolute atomic E-state index is 0.00510. The van der Waals surface area contributed by atoms with Crippen LogP contribution in [-0.4, -0.2) is 23.1 Å². The van der Waals surface area contributed by atoms with Gasteiger partial charge in [-0.2, -0.15) is 0 Å². The quantitative estimate of drug-likeness (QED) is 0.726. The highest BCUT2D eigenvalue weighted by molar-refractivity contribution is 5.71. The number of ether oxygens (including phenoxy) is 1. The molecule has 0 radical (unpaired) electrons. The summed E-state index contributed by atoms with van der Waals surface area (Å²) in [7, 11) is 0. The van der Waals surface area contributed by atoms with Crippen LogP contribution in [0.2, 0.25) is 0 Å². The molecule has 0 heterocycles. The lowest BCUT2D eigenvalue weighted by atomic mass is 9.44. The van der Waals surface area contributed by atoms with Gasteiger partial charge in [0.1, 0.15) is 6.10 Å². The lowest BCUT2D eigenvalue weighted by molar-refractivity contribution is -0.163. The summed E-state index contributed by atoms with van der Waals surface area (Å²) >= 11 is 0. The molecule has 4 rings (SSSR count). The van der Waals surface area contributed by atoms with E-state index in [1.807, 2.05) is 0 Å². The van der Waals surface area contributed by atoms with Gasteiger partial charge in [-0.15, -0.1) is 0 Å². The van der Waals surface area contributed by atoms with Crippen molar-refractivity contribution >= 4 is 11.9 Å². The van der Waals surface area contributed by atoms with Gasteiger partial charge in [-0.1, -0.05) is 13.8 Å². The number of carboxylic acid groups (broad SMARTS) is 1. The number of aliphatic carboxylic acids is 1. The predicted molar refractivity (Wildman–Crippen MR) is 98.4 cm³/mol. The van der Waals surface area contributed by atoms with Crippen LogP contribution in [0.4, 0.5) is 0 Å². The van der Waals surface area contributed by atoms with Crippen LogP contribution >= 0.6 is 0 Å². The average Bonchev–Trinajstić information content (AvgIpc) is 2.92. The monoisotopic (exact) mass is 362 g/mol. The standard InChI is InChI=1S/C22H34O4/c1-13(23)26-15-8-10-21(2)14(12-15)4-5-16-17-6-7-19(20(24)25)22(17,3)11-9-18(16)21/h14-19H,4-12H2,1-3H3,(H,24,25)/t14-,15?,16?,17?,18?,19?,21?,22?/m0/s1. The zero-order valence-electron chi connectivity index (χ0n) is 16.5. The molecule has 4 nitrogen and oxygen atoms in total. The molecule has 1 N–H and O–H groups in total. The summed E-state index contributed by atoms with van der Waals surface area (Å²) < 4.78 is 5.54. The molecular formula is C22H34O4. The minimum Gasteiger partial charge on any atom is -0.481 e. The Morgan fingerprint density at radius 3 is 2.31 bits per heavy atom. The zero-order chi connectivity index (χ0) is 18.7. The molecule has 4 fully saturated rings. The second-order valence-corrected chi connectivity index (χ2v) is 10.2. The fourth-order valence-corrected chi connectivity index (χ4v) is 7.97. The third-order valence-corrected chi connectivity index (χ3v) is 9.25. The molecule has 0 aromatic rings. The minimum atomic E-state index is -0.574. The van der Waals surface area contributed by atoms with Gasteiger partial charge in [-0.05, 0) is 92.3 Å². The third-order valence-electron chi connectivity index (χ3n) is 9.25. The van der Waals surface area contributed by atoms with Gasteiger partial charge >= 0.3 is 11.9 Å². The first kappa shape index (κ1) is 18.3. The Bertz CT molecular complexity index is 601. The van der Waals surface area contributed by atoms with Crippen LogP contribution in [0.3, 0.4) is 0 Å². The highest BCUT2D eigenvalue weighted by atomic mass is 16.5. The fourth-order valence-electron chi connectivity index (χ4n) is 7.97. The van der Waals surface area contributed by atoms with Crippen molar-refractivity contribution in [2.75, 3.05) is 0 Å². The zero-order valence-corrected chi connectivity index (χ0v) is 16.5. The van der Waals surface area contributed by atoms with E-state index in [0.717, 1.165) is 44.4 Å². The summed E-state index contributed by atoms with van der Waals surface area (Å²) in [5, 5.41) is 9.71. The van der Waals surface area contributed by atoms with Crippen molar-refractivity contribution in [3.05, 3.63) is 0 Å². The van der Waals surface area contributed by atoms with Gasteiger partial charge < -0.3 is 9.84 Å². The van der Waals surface area contributed by atoms with Crippen molar-refractivity contribution in [2.24, 2.45) is 40.4 Å². The molecule has 146 valence electrons. The van der Waals surface area contributed by atoms with Gasteiger partial charge in [0, 0.05) is 6.92 Å². The Hall–Kier alpha value is -1.06. The van der Waals surface area contributed by atoms with Crippen LogP contribution in [0.25, 0.3) is 0 Å². The molecule has 0 aromatic heterocycles. The van der Waals surface area contributed by atoms with Crippen LogP contribution in [0, 0.1) is 40.4 Å². The highest BCUT2D eigenvalue weighted by Crippen LogP contribution is 2.67. The van der Waals surface area contributed by atoms with E-state index in [-0.39, 0.29) is 23.4 Å². The van der Waals surface area contributed by atoms with E-state index in [1.54, 1.807) is 0 Å². The molecule has 4 heteroatoms. The molecule has 0 aromatic carbocycles. The molecular weight excluding hydrogens is 328 g/mol. The summed E-state index contributed by atoms with van der Waals surface area (Å²) in [5.74, 6) is 1.81. The van der Waals surface area contributed by atoms with E-state index in [4.69, 9.17) is 4.74 Å². The van der Waals surface area contributed by atoms with Crippen LogP contribution in [-0.2, 0) is 14.3 Å². The van der Waals surface area contributed by atoms with Crippen molar-refractivity contribution in [3.8, 4) is 0 Å². The topological polar surface area (TPSA) is 63.6 Å². The second-order valence-electron chi connectivity index (χ2n) is 10.2. The van der Waals surface area contributed by atoms with Crippen molar-refractivity contribution in [2.45, 2.75) is 84.7 Å². The van der Waals surface area contributed by atoms with E-state index in [9.17, 15) is 14.7 Å². The van der Waals surface area contributed by atoms with Gasteiger partial charge in [0.25, 0.3) is 0 Å². The maximum Gasteiger partial charge on any atom is 0.307 e. The Morgan fingerprint density at radius 2 is 1.62 bits per heavy atom. The molecule has 0 spiro atoms. The van der Waals surface area contributed by atoms with Gasteiger partial charge in [0.2, 0.25) is 0 Å². The van der Waals surface area contributed by atoms with Crippen LogP contribution in [0.5, 0.6) is 0 Å². The summed E-state index contributed by atoms with van der Waals surface area (Å²) in [5.41, 5.74) is 0.355. The Kier molecular flexibility index (Phi) is 4.39. The number of carbonyl (C=O) groups is 2. The molecule has 8 atom stereocenters. The van der Waals surface area contributed by atoms with Crippen molar-refractivity contribution in [1.82, 2.24) is 0 Å². The lowest BCUT2D eigenvalue weighted by Crippen LogP contribution is -2.54. The first-order chi connectivity index (χ1) is 12.3. The third kappa shape index (κ3) is 2.62. The van der Waals surface area contributed by atoms with E-state index in [1.165, 1.54) is 26.2 Å². The summed E-state index contributed by atoms with van der Waals surface area (Å²) in [4.78, 5) is 23.2. The summed E-state index contributed by atoms with van der Waals surface area (Å²) in [6.45, 7) is 6.28. The summed E-state index contributed by atoms with van der Waals surface area (Å²) in [6.07, 6.45) is 9.98. The number of carbonyl (C=O) groups excluding carboxylic acids is 1. The van der Waals surface area contributed by atoms with Gasteiger partial charge in [-0.25, -0.2) is 0 Å². The van der Waals surface area contributed by atoms with Gasteiger partial charge in [0.15, 0.2) is 0 Å². The smallest absolute Gasteiger partial charge is 0.307 e. The largest absolute Gasteiger partial charge is 0.481 e. The number of hydrogen-bond donors (Lipinski definition) is 1. The van der Waals surface area contributed by atoms with Crippen LogP contribution in [0.1, 0.15) is 78.6 Å². The lowest BCUT2D eigenvalue weighted by Gasteiger charge is -2.60. The SMILES string of the molecule is CC(=O)OC1CCC2(C)C3CCC4(C)C(C(=O)O)CCC4C3CC[C@H]2C1. The second kappa shape index (κ2) is 6.24. The molecule has 26 heavy (non-hydrogen) atoms. The molecule has 0 amide bonds. The van der Waals surface area contributed by atoms with Crippen LogP contribution in [0.15, 0.2) is 0 Å². The molecule has 0 bridgehead atoms. The number of rotatable bonds is 2. The number of esters is 1. The Labute approximate surface area is 157 Å². The molecule has 4 aliphatic rings. The predicted octanol–water partition coefficient (Wildman–Crippen LogP) is 4.66. The van der Waals surface area contributed by atoms with Crippen molar-refractivity contribution in [1.29, 1.82) is 0 Å². The van der Waals surface area contributed by atoms with Gasteiger partial charge in [0.05, 0.1) is 5.92 Å². The van der Waals surface area contributed by atoms with Crippen molar-refractivity contribution < 1.29 is 19.4 Å². The average molecular weight is 363 g/mol. The molecule has 0 saturated heterocycles. The van der Waals surface area contributed by atoms with E-state index >= 15 is 0 Å². The maximum atomic E-state index is 11.8.